The standard InChI is InChI=1S/C12H24N2O5/c1-10(12(17)18)8-14(5-3-6-15)9-11(16)13-4-7-19-2/h10,15H,3-9H2,1-2H3,(H,13,16)(H,17,18). The number of nitrogens with one attached hydrogen (secondary N) is 1. The van der Waals surface area contributed by atoms with Crippen LogP contribution in [0.3, 0.4) is 0 Å². The number of aliphatic hydroxyl groups is 1. The molecule has 0 saturated heterocycles. The third kappa shape index (κ3) is 9.40. The summed E-state index contributed by atoms with van der Waals surface area (Å²) in [5.74, 6) is -1.62. The number of ether oxygens (including phenoxy) is 1. The molecule has 0 aliphatic carbocycles. The van der Waals surface area contributed by atoms with Gasteiger partial charge in [0.15, 0.2) is 0 Å². The van der Waals surface area contributed by atoms with Crippen LogP contribution in [0.15, 0.2) is 0 Å². The van der Waals surface area contributed by atoms with E-state index in [1.165, 1.54) is 0 Å². The minimum absolute atomic E-state index is 0.0171. The van der Waals surface area contributed by atoms with Crippen molar-refractivity contribution in [1.29, 1.82) is 0 Å². The lowest BCUT2D eigenvalue weighted by molar-refractivity contribution is -0.142. The second kappa shape index (κ2) is 10.7. The van der Waals surface area contributed by atoms with Crippen LogP contribution in [0.2, 0.25) is 0 Å². The Kier molecular flexibility index (Phi) is 10.1. The van der Waals surface area contributed by atoms with E-state index in [9.17, 15) is 9.59 Å². The average Bonchev–Trinajstić information content (AvgIpc) is 2.36. The summed E-state index contributed by atoms with van der Waals surface area (Å²) in [5.41, 5.74) is 0. The molecule has 1 unspecified atom stereocenters. The first kappa shape index (κ1) is 17.8. The molecule has 0 saturated carbocycles. The Morgan fingerprint density at radius 3 is 2.63 bits per heavy atom. The van der Waals surface area contributed by atoms with Crippen molar-refractivity contribution in [3.8, 4) is 0 Å². The second-order valence-corrected chi connectivity index (χ2v) is 4.39. The van der Waals surface area contributed by atoms with E-state index >= 15 is 0 Å². The maximum absolute atomic E-state index is 11.6. The zero-order valence-electron chi connectivity index (χ0n) is 11.6. The number of hydrogen-bond acceptors (Lipinski definition) is 5. The molecule has 3 N–H and O–H groups in total. The first-order chi connectivity index (χ1) is 9.01. The molecule has 0 heterocycles. The van der Waals surface area contributed by atoms with Crippen molar-refractivity contribution in [2.45, 2.75) is 13.3 Å². The van der Waals surface area contributed by atoms with Crippen LogP contribution in [-0.4, -0.2) is 73.5 Å². The predicted molar refractivity (Wildman–Crippen MR) is 69.8 cm³/mol. The molecule has 1 atom stereocenters. The quantitative estimate of drug-likeness (QED) is 0.425. The van der Waals surface area contributed by atoms with E-state index in [0.29, 0.717) is 26.1 Å². The normalized spacial score (nSPS) is 12.4. The summed E-state index contributed by atoms with van der Waals surface area (Å²) in [4.78, 5) is 24.2. The van der Waals surface area contributed by atoms with Gasteiger partial charge >= 0.3 is 5.97 Å². The Labute approximate surface area is 113 Å². The van der Waals surface area contributed by atoms with E-state index in [4.69, 9.17) is 14.9 Å². The Morgan fingerprint density at radius 1 is 1.42 bits per heavy atom. The topological polar surface area (TPSA) is 99.1 Å². The fourth-order valence-electron chi connectivity index (χ4n) is 1.55. The first-order valence-electron chi connectivity index (χ1n) is 6.33. The van der Waals surface area contributed by atoms with Crippen molar-refractivity contribution >= 4 is 11.9 Å². The summed E-state index contributed by atoms with van der Waals surface area (Å²) in [6, 6.07) is 0. The molecular formula is C12H24N2O5. The van der Waals surface area contributed by atoms with E-state index in [1.54, 1.807) is 18.9 Å². The Balaban J connectivity index is 4.17. The van der Waals surface area contributed by atoms with Crippen LogP contribution in [0.25, 0.3) is 0 Å². The summed E-state index contributed by atoms with van der Waals surface area (Å²) in [5, 5.41) is 20.4. The molecule has 0 spiro atoms. The second-order valence-electron chi connectivity index (χ2n) is 4.39. The van der Waals surface area contributed by atoms with Gasteiger partial charge in [0.05, 0.1) is 19.1 Å². The van der Waals surface area contributed by atoms with Gasteiger partial charge in [0.25, 0.3) is 0 Å². The Morgan fingerprint density at radius 2 is 2.11 bits per heavy atom. The summed E-state index contributed by atoms with van der Waals surface area (Å²) in [6.45, 7) is 3.38. The van der Waals surface area contributed by atoms with Crippen LogP contribution < -0.4 is 5.32 Å². The fourth-order valence-corrected chi connectivity index (χ4v) is 1.55. The summed E-state index contributed by atoms with van der Waals surface area (Å²) in [7, 11) is 1.55. The van der Waals surface area contributed by atoms with Crippen molar-refractivity contribution in [3.63, 3.8) is 0 Å². The summed E-state index contributed by atoms with van der Waals surface area (Å²) >= 11 is 0. The number of carboxylic acids is 1. The molecule has 0 aliphatic rings. The van der Waals surface area contributed by atoms with Gasteiger partial charge < -0.3 is 20.3 Å². The molecule has 0 aromatic rings. The number of carbonyl (C=O) groups is 2. The van der Waals surface area contributed by atoms with Crippen molar-refractivity contribution < 1.29 is 24.5 Å². The van der Waals surface area contributed by atoms with Gasteiger partial charge in [-0.2, -0.15) is 0 Å². The van der Waals surface area contributed by atoms with E-state index in [-0.39, 0.29) is 25.6 Å². The number of carboxylic acid groups (broad SMARTS) is 1. The third-order valence-electron chi connectivity index (χ3n) is 2.58. The van der Waals surface area contributed by atoms with Crippen LogP contribution in [-0.2, 0) is 14.3 Å². The molecule has 0 radical (unpaired) electrons. The zero-order chi connectivity index (χ0) is 14.7. The number of aliphatic hydroxyl groups excluding tert-OH is 1. The van der Waals surface area contributed by atoms with Gasteiger partial charge in [0.1, 0.15) is 0 Å². The van der Waals surface area contributed by atoms with Crippen molar-refractivity contribution in [2.75, 3.05) is 46.5 Å². The lowest BCUT2D eigenvalue weighted by Gasteiger charge is -2.23. The van der Waals surface area contributed by atoms with Crippen molar-refractivity contribution in [3.05, 3.63) is 0 Å². The third-order valence-corrected chi connectivity index (χ3v) is 2.58. The monoisotopic (exact) mass is 276 g/mol. The van der Waals surface area contributed by atoms with E-state index in [0.717, 1.165) is 0 Å². The number of hydrogen-bond donors (Lipinski definition) is 3. The average molecular weight is 276 g/mol. The largest absolute Gasteiger partial charge is 0.481 e. The van der Waals surface area contributed by atoms with Crippen LogP contribution in [0, 0.1) is 5.92 Å². The highest BCUT2D eigenvalue weighted by atomic mass is 16.5. The van der Waals surface area contributed by atoms with Crippen LogP contribution in [0.1, 0.15) is 13.3 Å². The highest BCUT2D eigenvalue weighted by Gasteiger charge is 2.17. The molecule has 112 valence electrons. The molecule has 0 fully saturated rings. The molecule has 0 aromatic heterocycles. The molecule has 0 aliphatic heterocycles. The van der Waals surface area contributed by atoms with Gasteiger partial charge in [-0.1, -0.05) is 6.92 Å². The van der Waals surface area contributed by atoms with Crippen molar-refractivity contribution in [1.82, 2.24) is 10.2 Å². The van der Waals surface area contributed by atoms with Gasteiger partial charge in [0, 0.05) is 33.4 Å². The van der Waals surface area contributed by atoms with E-state index in [1.807, 2.05) is 0 Å². The molecule has 0 rings (SSSR count). The molecule has 0 aromatic carbocycles. The van der Waals surface area contributed by atoms with E-state index < -0.39 is 11.9 Å². The predicted octanol–water partition coefficient (Wildman–Crippen LogP) is -0.846. The number of nitrogens with zero attached hydrogens (tertiary/aromatic N) is 1. The van der Waals surface area contributed by atoms with Crippen LogP contribution in [0.4, 0.5) is 0 Å². The Hall–Kier alpha value is -1.18. The van der Waals surface area contributed by atoms with Crippen molar-refractivity contribution in [2.24, 2.45) is 5.92 Å². The molecule has 1 amide bonds. The summed E-state index contributed by atoms with van der Waals surface area (Å²) < 4.78 is 4.82. The number of methoxy groups -OCH3 is 1. The molecule has 7 nitrogen and oxygen atoms in total. The minimum atomic E-state index is -0.895. The van der Waals surface area contributed by atoms with Gasteiger partial charge in [-0.3, -0.25) is 14.5 Å². The van der Waals surface area contributed by atoms with Gasteiger partial charge in [-0.15, -0.1) is 0 Å². The van der Waals surface area contributed by atoms with Gasteiger partial charge in [-0.25, -0.2) is 0 Å². The van der Waals surface area contributed by atoms with Gasteiger partial charge in [0.2, 0.25) is 5.91 Å². The fraction of sp³-hybridized carbons (Fsp3) is 0.833. The number of rotatable bonds is 11. The molecule has 7 heteroatoms. The molecular weight excluding hydrogens is 252 g/mol. The number of amides is 1. The first-order valence-corrected chi connectivity index (χ1v) is 6.33. The lowest BCUT2D eigenvalue weighted by atomic mass is 10.1. The maximum Gasteiger partial charge on any atom is 0.307 e. The molecule has 19 heavy (non-hydrogen) atoms. The maximum atomic E-state index is 11.6. The number of carbonyl (C=O) groups excluding carboxylic acids is 1. The minimum Gasteiger partial charge on any atom is -0.481 e. The van der Waals surface area contributed by atoms with Crippen LogP contribution >= 0.6 is 0 Å². The lowest BCUT2D eigenvalue weighted by Crippen LogP contribution is -2.41. The smallest absolute Gasteiger partial charge is 0.307 e. The molecule has 0 bridgehead atoms. The van der Waals surface area contributed by atoms with Crippen LogP contribution in [0.5, 0.6) is 0 Å². The summed E-state index contributed by atoms with van der Waals surface area (Å²) in [6.07, 6.45) is 0.512. The zero-order valence-corrected chi connectivity index (χ0v) is 11.6. The highest BCUT2D eigenvalue weighted by molar-refractivity contribution is 5.78. The van der Waals surface area contributed by atoms with Gasteiger partial charge in [-0.05, 0) is 6.42 Å². The number of aliphatic carboxylic acids is 1. The SMILES string of the molecule is COCCNC(=O)CN(CCCO)CC(C)C(=O)O. The highest BCUT2D eigenvalue weighted by Crippen LogP contribution is 2.01. The Bertz CT molecular complexity index is 273. The van der Waals surface area contributed by atoms with E-state index in [2.05, 4.69) is 5.32 Å².